The Morgan fingerprint density at radius 2 is 1.95 bits per heavy atom. The highest BCUT2D eigenvalue weighted by Gasteiger charge is 2.08. The van der Waals surface area contributed by atoms with Crippen LogP contribution in [0.25, 0.3) is 0 Å². The number of carboxylic acids is 1. The van der Waals surface area contributed by atoms with Gasteiger partial charge in [-0.05, 0) is 30.2 Å². The maximum absolute atomic E-state index is 11.0. The number of anilines is 1. The van der Waals surface area contributed by atoms with Crippen molar-refractivity contribution in [2.24, 2.45) is 0 Å². The van der Waals surface area contributed by atoms with Crippen molar-refractivity contribution in [2.45, 2.75) is 6.42 Å². The van der Waals surface area contributed by atoms with Crippen molar-refractivity contribution in [1.29, 1.82) is 0 Å². The molecule has 0 aliphatic heterocycles. The van der Waals surface area contributed by atoms with Gasteiger partial charge in [0.15, 0.2) is 0 Å². The Kier molecular flexibility index (Phi) is 3.97. The number of aromatic carboxylic acids is 1. The minimum Gasteiger partial charge on any atom is -0.508 e. The van der Waals surface area contributed by atoms with Gasteiger partial charge in [0.25, 0.3) is 0 Å². The highest BCUT2D eigenvalue weighted by atomic mass is 16.4. The summed E-state index contributed by atoms with van der Waals surface area (Å²) in [5.74, 6) is -0.744. The minimum atomic E-state index is -0.977. The third kappa shape index (κ3) is 3.45. The first kappa shape index (κ1) is 12.9. The summed E-state index contributed by atoms with van der Waals surface area (Å²) in [6.07, 6.45) is 3.68. The Hall–Kier alpha value is -2.56. The summed E-state index contributed by atoms with van der Waals surface area (Å²) in [6, 6.07) is 8.38. The molecule has 0 saturated carbocycles. The van der Waals surface area contributed by atoms with Crippen LogP contribution in [0.5, 0.6) is 5.75 Å². The van der Waals surface area contributed by atoms with Crippen LogP contribution in [-0.2, 0) is 6.42 Å². The molecule has 98 valence electrons. The van der Waals surface area contributed by atoms with Gasteiger partial charge in [-0.2, -0.15) is 0 Å². The second-order valence-corrected chi connectivity index (χ2v) is 4.07. The van der Waals surface area contributed by atoms with Crippen LogP contribution in [0.3, 0.4) is 0 Å². The molecule has 0 amide bonds. The Morgan fingerprint density at radius 1 is 1.21 bits per heavy atom. The van der Waals surface area contributed by atoms with E-state index < -0.39 is 5.97 Å². The van der Waals surface area contributed by atoms with Gasteiger partial charge in [0, 0.05) is 12.7 Å². The number of rotatable bonds is 5. The molecule has 3 N–H and O–H groups in total. The molecule has 2 aromatic rings. The van der Waals surface area contributed by atoms with Crippen molar-refractivity contribution < 1.29 is 15.0 Å². The Balaban J connectivity index is 1.96. The predicted molar refractivity (Wildman–Crippen MR) is 71.5 cm³/mol. The van der Waals surface area contributed by atoms with Crippen molar-refractivity contribution in [3.8, 4) is 5.75 Å². The van der Waals surface area contributed by atoms with Crippen LogP contribution < -0.4 is 5.32 Å². The van der Waals surface area contributed by atoms with Gasteiger partial charge < -0.3 is 15.5 Å². The Bertz CT molecular complexity index is 567. The smallest absolute Gasteiger partial charge is 0.337 e. The summed E-state index contributed by atoms with van der Waals surface area (Å²) < 4.78 is 0. The van der Waals surface area contributed by atoms with Crippen LogP contribution >= 0.6 is 0 Å². The number of hydrogen-bond acceptors (Lipinski definition) is 4. The van der Waals surface area contributed by atoms with Gasteiger partial charge in [-0.25, -0.2) is 4.79 Å². The largest absolute Gasteiger partial charge is 0.508 e. The molecule has 1 aromatic heterocycles. The Morgan fingerprint density at radius 3 is 2.63 bits per heavy atom. The van der Waals surface area contributed by atoms with E-state index in [1.807, 2.05) is 12.1 Å². The van der Waals surface area contributed by atoms with Crippen LogP contribution in [0.15, 0.2) is 42.7 Å². The molecule has 5 nitrogen and oxygen atoms in total. The van der Waals surface area contributed by atoms with Gasteiger partial charge in [-0.1, -0.05) is 12.1 Å². The van der Waals surface area contributed by atoms with E-state index in [1.165, 1.54) is 18.5 Å². The number of phenols is 1. The summed E-state index contributed by atoms with van der Waals surface area (Å²) in [4.78, 5) is 14.9. The van der Waals surface area contributed by atoms with Crippen molar-refractivity contribution in [2.75, 3.05) is 11.9 Å². The molecule has 0 aliphatic rings. The zero-order valence-corrected chi connectivity index (χ0v) is 10.2. The quantitative estimate of drug-likeness (QED) is 0.765. The lowest BCUT2D eigenvalue weighted by Gasteiger charge is -2.08. The van der Waals surface area contributed by atoms with E-state index >= 15 is 0 Å². The molecule has 0 radical (unpaired) electrons. The summed E-state index contributed by atoms with van der Waals surface area (Å²) in [5, 5.41) is 21.2. The fourth-order valence-corrected chi connectivity index (χ4v) is 1.73. The number of nitrogens with zero attached hydrogens (tertiary/aromatic N) is 1. The molecule has 2 rings (SSSR count). The van der Waals surface area contributed by atoms with Gasteiger partial charge in [0.05, 0.1) is 17.4 Å². The number of carbonyl (C=O) groups is 1. The normalized spacial score (nSPS) is 10.1. The molecule has 0 fully saturated rings. The third-order valence-electron chi connectivity index (χ3n) is 2.72. The van der Waals surface area contributed by atoms with E-state index in [-0.39, 0.29) is 11.3 Å². The van der Waals surface area contributed by atoms with Gasteiger partial charge >= 0.3 is 5.97 Å². The van der Waals surface area contributed by atoms with Crippen molar-refractivity contribution in [1.82, 2.24) is 4.98 Å². The Labute approximate surface area is 110 Å². The SMILES string of the molecule is O=C(O)c1ccncc1NCCc1ccc(O)cc1. The molecule has 0 spiro atoms. The molecule has 0 unspecified atom stereocenters. The van der Waals surface area contributed by atoms with E-state index in [1.54, 1.807) is 12.1 Å². The third-order valence-corrected chi connectivity index (χ3v) is 2.72. The average Bonchev–Trinajstić information content (AvgIpc) is 2.41. The number of nitrogens with one attached hydrogen (secondary N) is 1. The van der Waals surface area contributed by atoms with Crippen molar-refractivity contribution in [3.05, 3.63) is 53.9 Å². The maximum atomic E-state index is 11.0. The number of phenolic OH excluding ortho intramolecular Hbond substituents is 1. The van der Waals surface area contributed by atoms with E-state index in [4.69, 9.17) is 10.2 Å². The molecule has 19 heavy (non-hydrogen) atoms. The predicted octanol–water partition coefficient (Wildman–Crippen LogP) is 2.14. The fourth-order valence-electron chi connectivity index (χ4n) is 1.73. The highest BCUT2D eigenvalue weighted by molar-refractivity contribution is 5.93. The molecule has 0 bridgehead atoms. The first-order valence-electron chi connectivity index (χ1n) is 5.86. The average molecular weight is 258 g/mol. The number of aromatic nitrogens is 1. The summed E-state index contributed by atoms with van der Waals surface area (Å²) >= 11 is 0. The highest BCUT2D eigenvalue weighted by Crippen LogP contribution is 2.14. The topological polar surface area (TPSA) is 82.5 Å². The van der Waals surface area contributed by atoms with Crippen molar-refractivity contribution in [3.63, 3.8) is 0 Å². The lowest BCUT2D eigenvalue weighted by Crippen LogP contribution is -2.09. The van der Waals surface area contributed by atoms with E-state index in [0.29, 0.717) is 12.2 Å². The lowest BCUT2D eigenvalue weighted by molar-refractivity contribution is 0.0698. The second-order valence-electron chi connectivity index (χ2n) is 4.07. The number of aromatic hydroxyl groups is 1. The van der Waals surface area contributed by atoms with E-state index in [2.05, 4.69) is 10.3 Å². The van der Waals surface area contributed by atoms with E-state index in [9.17, 15) is 4.79 Å². The maximum Gasteiger partial charge on any atom is 0.337 e. The standard InChI is InChI=1S/C14H14N2O3/c17-11-3-1-10(2-4-11)5-8-16-13-9-15-7-6-12(13)14(18)19/h1-4,6-7,9,16-17H,5,8H2,(H,18,19). The van der Waals surface area contributed by atoms with Gasteiger partial charge in [-0.15, -0.1) is 0 Å². The first-order chi connectivity index (χ1) is 9.16. The number of hydrogen-bond donors (Lipinski definition) is 3. The van der Waals surface area contributed by atoms with Crippen LogP contribution in [-0.4, -0.2) is 27.7 Å². The zero-order chi connectivity index (χ0) is 13.7. The number of benzene rings is 1. The minimum absolute atomic E-state index is 0.209. The fraction of sp³-hybridized carbons (Fsp3) is 0.143. The van der Waals surface area contributed by atoms with E-state index in [0.717, 1.165) is 12.0 Å². The summed E-state index contributed by atoms with van der Waals surface area (Å²) in [5.41, 5.74) is 1.78. The molecule has 5 heteroatoms. The zero-order valence-electron chi connectivity index (χ0n) is 10.2. The molecule has 1 heterocycles. The number of carboxylic acid groups (broad SMARTS) is 1. The van der Waals surface area contributed by atoms with Crippen LogP contribution in [0.2, 0.25) is 0 Å². The van der Waals surface area contributed by atoms with Gasteiger partial charge in [-0.3, -0.25) is 4.98 Å². The molecule has 0 saturated heterocycles. The number of pyridine rings is 1. The molecular formula is C14H14N2O3. The lowest BCUT2D eigenvalue weighted by atomic mass is 10.1. The van der Waals surface area contributed by atoms with Crippen LogP contribution in [0.4, 0.5) is 5.69 Å². The van der Waals surface area contributed by atoms with Crippen LogP contribution in [0.1, 0.15) is 15.9 Å². The molecule has 0 atom stereocenters. The van der Waals surface area contributed by atoms with Gasteiger partial charge in [0.2, 0.25) is 0 Å². The second kappa shape index (κ2) is 5.86. The van der Waals surface area contributed by atoms with Crippen LogP contribution in [0, 0.1) is 0 Å². The summed E-state index contributed by atoms with van der Waals surface area (Å²) in [6.45, 7) is 0.594. The monoisotopic (exact) mass is 258 g/mol. The van der Waals surface area contributed by atoms with Gasteiger partial charge in [0.1, 0.15) is 5.75 Å². The molecule has 1 aromatic carbocycles. The summed E-state index contributed by atoms with van der Waals surface area (Å²) in [7, 11) is 0. The first-order valence-corrected chi connectivity index (χ1v) is 5.86. The van der Waals surface area contributed by atoms with Crippen molar-refractivity contribution >= 4 is 11.7 Å². The molecule has 0 aliphatic carbocycles. The molecular weight excluding hydrogens is 244 g/mol.